The fourth-order valence-corrected chi connectivity index (χ4v) is 1.63. The van der Waals surface area contributed by atoms with Crippen LogP contribution in [0.3, 0.4) is 0 Å². The zero-order chi connectivity index (χ0) is 11.7. The molecule has 4 nitrogen and oxygen atoms in total. The Morgan fingerprint density at radius 3 is 2.75 bits per heavy atom. The van der Waals surface area contributed by atoms with Gasteiger partial charge in [-0.25, -0.2) is 9.67 Å². The minimum Gasteiger partial charge on any atom is -0.243 e. The lowest BCUT2D eigenvalue weighted by atomic mass is 10.3. The third kappa shape index (κ3) is 1.55. The summed E-state index contributed by atoms with van der Waals surface area (Å²) in [5.74, 6) is 0. The molecule has 2 aromatic rings. The number of nitriles is 1. The van der Waals surface area contributed by atoms with E-state index in [4.69, 9.17) is 16.9 Å². The first-order valence-corrected chi connectivity index (χ1v) is 5.10. The topological polar surface area (TPSA) is 54.5 Å². The molecule has 0 radical (unpaired) electrons. The van der Waals surface area contributed by atoms with Crippen molar-refractivity contribution in [3.8, 4) is 11.8 Å². The molecular formula is C11H9ClN4. The van der Waals surface area contributed by atoms with Crippen LogP contribution in [0.2, 0.25) is 5.02 Å². The van der Waals surface area contributed by atoms with Gasteiger partial charge in [-0.3, -0.25) is 0 Å². The van der Waals surface area contributed by atoms with Crippen LogP contribution in [0.4, 0.5) is 0 Å². The Morgan fingerprint density at radius 2 is 2.19 bits per heavy atom. The van der Waals surface area contributed by atoms with Crippen LogP contribution in [0.15, 0.2) is 18.3 Å². The van der Waals surface area contributed by atoms with E-state index in [0.717, 1.165) is 11.4 Å². The average molecular weight is 233 g/mol. The van der Waals surface area contributed by atoms with Crippen molar-refractivity contribution in [3.63, 3.8) is 0 Å². The fourth-order valence-electron chi connectivity index (χ4n) is 1.51. The minimum atomic E-state index is 0.338. The van der Waals surface area contributed by atoms with Gasteiger partial charge in [0.15, 0.2) is 5.69 Å². The first-order chi connectivity index (χ1) is 7.65. The molecule has 0 N–H and O–H groups in total. The zero-order valence-corrected chi connectivity index (χ0v) is 9.65. The first-order valence-electron chi connectivity index (χ1n) is 4.72. The van der Waals surface area contributed by atoms with Crippen LogP contribution in [0.5, 0.6) is 0 Å². The second-order valence-corrected chi connectivity index (χ2v) is 3.76. The van der Waals surface area contributed by atoms with Gasteiger partial charge in [-0.1, -0.05) is 11.6 Å². The predicted octanol–water partition coefficient (Wildman–Crippen LogP) is 2.41. The van der Waals surface area contributed by atoms with Crippen LogP contribution in [0.1, 0.15) is 17.1 Å². The predicted molar refractivity (Wildman–Crippen MR) is 60.6 cm³/mol. The minimum absolute atomic E-state index is 0.338. The lowest BCUT2D eigenvalue weighted by Crippen LogP contribution is -2.03. The van der Waals surface area contributed by atoms with Gasteiger partial charge in [-0.05, 0) is 26.0 Å². The molecule has 0 atom stereocenters. The highest BCUT2D eigenvalue weighted by Gasteiger charge is 2.13. The van der Waals surface area contributed by atoms with E-state index in [-0.39, 0.29) is 0 Å². The third-order valence-corrected chi connectivity index (χ3v) is 2.87. The maximum Gasteiger partial charge on any atom is 0.166 e. The van der Waals surface area contributed by atoms with Gasteiger partial charge >= 0.3 is 0 Å². The SMILES string of the molecule is Cc1nn(-c2cccnc2C#N)c(C)c1Cl. The molecule has 0 unspecified atom stereocenters. The molecule has 0 saturated heterocycles. The molecular weight excluding hydrogens is 224 g/mol. The van der Waals surface area contributed by atoms with Crippen molar-refractivity contribution in [2.24, 2.45) is 0 Å². The number of aromatic nitrogens is 3. The van der Waals surface area contributed by atoms with Crippen LogP contribution >= 0.6 is 11.6 Å². The summed E-state index contributed by atoms with van der Waals surface area (Å²) in [6, 6.07) is 5.59. The van der Waals surface area contributed by atoms with E-state index in [1.54, 1.807) is 23.0 Å². The van der Waals surface area contributed by atoms with E-state index >= 15 is 0 Å². The number of pyridine rings is 1. The van der Waals surface area contributed by atoms with Gasteiger partial charge in [0.25, 0.3) is 0 Å². The molecule has 80 valence electrons. The van der Waals surface area contributed by atoms with Gasteiger partial charge in [-0.15, -0.1) is 0 Å². The van der Waals surface area contributed by atoms with E-state index in [9.17, 15) is 0 Å². The number of hydrogen-bond acceptors (Lipinski definition) is 3. The van der Waals surface area contributed by atoms with Gasteiger partial charge in [-0.2, -0.15) is 10.4 Å². The second-order valence-electron chi connectivity index (χ2n) is 3.38. The Hall–Kier alpha value is -1.86. The molecule has 0 aliphatic rings. The third-order valence-electron chi connectivity index (χ3n) is 2.32. The Balaban J connectivity index is 2.69. The van der Waals surface area contributed by atoms with Crippen molar-refractivity contribution < 1.29 is 0 Å². The molecule has 5 heteroatoms. The lowest BCUT2D eigenvalue weighted by molar-refractivity contribution is 0.825. The first kappa shape index (κ1) is 10.7. The molecule has 0 spiro atoms. The van der Waals surface area contributed by atoms with Gasteiger partial charge < -0.3 is 0 Å². The molecule has 0 aromatic carbocycles. The largest absolute Gasteiger partial charge is 0.243 e. The Morgan fingerprint density at radius 1 is 1.44 bits per heavy atom. The highest BCUT2D eigenvalue weighted by Crippen LogP contribution is 2.23. The van der Waals surface area contributed by atoms with Crippen LogP contribution in [-0.2, 0) is 0 Å². The molecule has 2 heterocycles. The molecule has 2 aromatic heterocycles. The van der Waals surface area contributed by atoms with Crippen LogP contribution < -0.4 is 0 Å². The quantitative estimate of drug-likeness (QED) is 0.759. The van der Waals surface area contributed by atoms with E-state index in [1.165, 1.54) is 0 Å². The molecule has 0 aliphatic carbocycles. The number of rotatable bonds is 1. The summed E-state index contributed by atoms with van der Waals surface area (Å²) in [5.41, 5.74) is 2.54. The summed E-state index contributed by atoms with van der Waals surface area (Å²) >= 11 is 6.06. The van der Waals surface area contributed by atoms with Gasteiger partial charge in [0, 0.05) is 6.20 Å². The summed E-state index contributed by atoms with van der Waals surface area (Å²) in [6.45, 7) is 3.69. The lowest BCUT2D eigenvalue weighted by Gasteiger charge is -2.04. The van der Waals surface area contributed by atoms with E-state index < -0.39 is 0 Å². The highest BCUT2D eigenvalue weighted by atomic mass is 35.5. The Labute approximate surface area is 98.1 Å². The number of nitrogens with zero attached hydrogens (tertiary/aromatic N) is 4. The number of aryl methyl sites for hydroxylation is 1. The molecule has 16 heavy (non-hydrogen) atoms. The van der Waals surface area contributed by atoms with Crippen molar-refractivity contribution in [2.75, 3.05) is 0 Å². The molecule has 0 saturated carbocycles. The molecule has 0 aliphatic heterocycles. The van der Waals surface area contributed by atoms with Crippen molar-refractivity contribution in [2.45, 2.75) is 13.8 Å². The maximum atomic E-state index is 8.96. The molecule has 2 rings (SSSR count). The summed E-state index contributed by atoms with van der Waals surface area (Å²) in [5, 5.41) is 13.9. The normalized spacial score (nSPS) is 10.1. The van der Waals surface area contributed by atoms with E-state index in [2.05, 4.69) is 10.1 Å². The van der Waals surface area contributed by atoms with Crippen molar-refractivity contribution in [1.82, 2.24) is 14.8 Å². The van der Waals surface area contributed by atoms with Crippen LogP contribution in [0.25, 0.3) is 5.69 Å². The number of halogens is 1. The maximum absolute atomic E-state index is 8.96. The summed E-state index contributed by atoms with van der Waals surface area (Å²) in [6.07, 6.45) is 1.58. The van der Waals surface area contributed by atoms with Gasteiger partial charge in [0.05, 0.1) is 16.4 Å². The summed E-state index contributed by atoms with van der Waals surface area (Å²) < 4.78 is 1.64. The summed E-state index contributed by atoms with van der Waals surface area (Å²) in [7, 11) is 0. The molecule has 0 bridgehead atoms. The van der Waals surface area contributed by atoms with Gasteiger partial charge in [0.1, 0.15) is 11.8 Å². The van der Waals surface area contributed by atoms with Gasteiger partial charge in [0.2, 0.25) is 0 Å². The van der Waals surface area contributed by atoms with Crippen molar-refractivity contribution in [3.05, 3.63) is 40.4 Å². The van der Waals surface area contributed by atoms with E-state index in [0.29, 0.717) is 16.4 Å². The smallest absolute Gasteiger partial charge is 0.166 e. The zero-order valence-electron chi connectivity index (χ0n) is 8.90. The molecule has 0 amide bonds. The molecule has 0 fully saturated rings. The Kier molecular flexibility index (Phi) is 2.63. The highest BCUT2D eigenvalue weighted by molar-refractivity contribution is 6.31. The van der Waals surface area contributed by atoms with Crippen molar-refractivity contribution in [1.29, 1.82) is 5.26 Å². The van der Waals surface area contributed by atoms with Crippen LogP contribution in [0, 0.1) is 25.2 Å². The number of hydrogen-bond donors (Lipinski definition) is 0. The Bertz CT molecular complexity index is 580. The van der Waals surface area contributed by atoms with Crippen molar-refractivity contribution >= 4 is 11.6 Å². The summed E-state index contributed by atoms with van der Waals surface area (Å²) in [4.78, 5) is 3.99. The van der Waals surface area contributed by atoms with Crippen LogP contribution in [-0.4, -0.2) is 14.8 Å². The average Bonchev–Trinajstić information content (AvgIpc) is 2.57. The fraction of sp³-hybridized carbons (Fsp3) is 0.182. The van der Waals surface area contributed by atoms with E-state index in [1.807, 2.05) is 19.9 Å². The monoisotopic (exact) mass is 232 g/mol. The second kappa shape index (κ2) is 3.95. The standard InChI is InChI=1S/C11H9ClN4/c1-7-11(12)8(2)16(15-7)10-4-3-5-14-9(10)6-13/h3-5H,1-2H3.